The molecule has 9 heteroatoms. The van der Waals surface area contributed by atoms with Gasteiger partial charge in [0.2, 0.25) is 20.0 Å². The van der Waals surface area contributed by atoms with Crippen molar-refractivity contribution in [3.63, 3.8) is 0 Å². The standard InChI is InChI=1S/C21H26N2O5S2/c1-20(2,3)22-29(25,26)13-7-9-15-16-10-8-14(30(27,28)23-21(4,5)6)12-18(16)19(24)17(15)11-13/h7-12,22-23H,1-6H3. The summed E-state index contributed by atoms with van der Waals surface area (Å²) in [7, 11) is -7.62. The number of hydrogen-bond donors (Lipinski definition) is 2. The van der Waals surface area contributed by atoms with Crippen LogP contribution < -0.4 is 9.44 Å². The second-order valence-electron chi connectivity index (χ2n) is 9.45. The average molecular weight is 451 g/mol. The smallest absolute Gasteiger partial charge is 0.241 e. The Balaban J connectivity index is 2.04. The van der Waals surface area contributed by atoms with Gasteiger partial charge in [-0.15, -0.1) is 0 Å². The van der Waals surface area contributed by atoms with Crippen LogP contribution in [0.3, 0.4) is 0 Å². The lowest BCUT2D eigenvalue weighted by molar-refractivity contribution is 0.104. The molecule has 3 rings (SSSR count). The van der Waals surface area contributed by atoms with Crippen LogP contribution in [-0.2, 0) is 20.0 Å². The van der Waals surface area contributed by atoms with Crippen molar-refractivity contribution >= 4 is 25.8 Å². The quantitative estimate of drug-likeness (QED) is 0.635. The largest absolute Gasteiger partial charge is 0.289 e. The monoisotopic (exact) mass is 450 g/mol. The number of sulfonamides is 2. The van der Waals surface area contributed by atoms with Gasteiger partial charge in [-0.2, -0.15) is 0 Å². The molecule has 0 saturated carbocycles. The SMILES string of the molecule is CC(C)(C)NS(=O)(=O)c1ccc2c(c1)C(=O)c1cc(S(=O)(=O)NC(C)(C)C)ccc1-2. The maximum Gasteiger partial charge on any atom is 0.241 e. The van der Waals surface area contributed by atoms with Crippen LogP contribution in [0, 0.1) is 0 Å². The summed E-state index contributed by atoms with van der Waals surface area (Å²) in [4.78, 5) is 13.0. The number of hydrogen-bond acceptors (Lipinski definition) is 5. The topological polar surface area (TPSA) is 109 Å². The number of fused-ring (bicyclic) bond motifs is 3. The van der Waals surface area contributed by atoms with Gasteiger partial charge in [-0.05, 0) is 76.9 Å². The van der Waals surface area contributed by atoms with Gasteiger partial charge in [-0.3, -0.25) is 4.79 Å². The highest BCUT2D eigenvalue weighted by Gasteiger charge is 2.32. The normalized spacial score (nSPS) is 14.5. The van der Waals surface area contributed by atoms with Crippen molar-refractivity contribution in [2.24, 2.45) is 0 Å². The van der Waals surface area contributed by atoms with Gasteiger partial charge in [-0.25, -0.2) is 26.3 Å². The minimum absolute atomic E-state index is 0.0143. The number of rotatable bonds is 4. The lowest BCUT2D eigenvalue weighted by Crippen LogP contribution is -2.40. The van der Waals surface area contributed by atoms with Crippen molar-refractivity contribution in [1.29, 1.82) is 0 Å². The zero-order valence-electron chi connectivity index (χ0n) is 17.8. The predicted octanol–water partition coefficient (Wildman–Crippen LogP) is 3.05. The first-order valence-electron chi connectivity index (χ1n) is 9.41. The molecule has 0 aromatic heterocycles. The molecule has 0 radical (unpaired) electrons. The third-order valence-electron chi connectivity index (χ3n) is 4.26. The molecule has 0 fully saturated rings. The van der Waals surface area contributed by atoms with E-state index in [2.05, 4.69) is 9.44 Å². The fourth-order valence-electron chi connectivity index (χ4n) is 3.30. The summed E-state index contributed by atoms with van der Waals surface area (Å²) in [6.07, 6.45) is 0. The summed E-state index contributed by atoms with van der Waals surface area (Å²) in [5, 5.41) is 0. The molecule has 2 aromatic rings. The number of carbonyl (C=O) groups is 1. The zero-order valence-corrected chi connectivity index (χ0v) is 19.5. The van der Waals surface area contributed by atoms with Crippen LogP contribution in [0.5, 0.6) is 0 Å². The van der Waals surface area contributed by atoms with Crippen LogP contribution in [0.2, 0.25) is 0 Å². The van der Waals surface area contributed by atoms with Crippen LogP contribution in [0.4, 0.5) is 0 Å². The predicted molar refractivity (Wildman–Crippen MR) is 115 cm³/mol. The second-order valence-corrected chi connectivity index (χ2v) is 12.8. The van der Waals surface area contributed by atoms with Crippen LogP contribution in [0.25, 0.3) is 11.1 Å². The molecule has 0 spiro atoms. The van der Waals surface area contributed by atoms with E-state index in [1.807, 2.05) is 0 Å². The molecule has 0 heterocycles. The van der Waals surface area contributed by atoms with Gasteiger partial charge >= 0.3 is 0 Å². The minimum Gasteiger partial charge on any atom is -0.289 e. The van der Waals surface area contributed by atoms with Crippen molar-refractivity contribution in [3.8, 4) is 11.1 Å². The van der Waals surface area contributed by atoms with E-state index < -0.39 is 36.9 Å². The van der Waals surface area contributed by atoms with E-state index in [0.29, 0.717) is 11.1 Å². The molecule has 7 nitrogen and oxygen atoms in total. The third kappa shape index (κ3) is 4.49. The first-order valence-corrected chi connectivity index (χ1v) is 12.4. The van der Waals surface area contributed by atoms with E-state index in [1.54, 1.807) is 53.7 Å². The fourth-order valence-corrected chi connectivity index (χ4v) is 6.18. The number of nitrogens with one attached hydrogen (secondary N) is 2. The van der Waals surface area contributed by atoms with Gasteiger partial charge in [-0.1, -0.05) is 12.1 Å². The summed E-state index contributed by atoms with van der Waals surface area (Å²) in [6.45, 7) is 10.4. The molecule has 0 amide bonds. The van der Waals surface area contributed by atoms with Gasteiger partial charge < -0.3 is 0 Å². The van der Waals surface area contributed by atoms with E-state index in [0.717, 1.165) is 0 Å². The van der Waals surface area contributed by atoms with E-state index in [-0.39, 0.29) is 20.9 Å². The van der Waals surface area contributed by atoms with Crippen molar-refractivity contribution in [1.82, 2.24) is 9.44 Å². The average Bonchev–Trinajstić information content (AvgIpc) is 2.83. The molecule has 1 aliphatic rings. The molecular formula is C21H26N2O5S2. The van der Waals surface area contributed by atoms with Crippen molar-refractivity contribution in [2.75, 3.05) is 0 Å². The van der Waals surface area contributed by atoms with E-state index >= 15 is 0 Å². The summed E-state index contributed by atoms with van der Waals surface area (Å²) >= 11 is 0. The van der Waals surface area contributed by atoms with Gasteiger partial charge in [0.25, 0.3) is 0 Å². The van der Waals surface area contributed by atoms with Crippen LogP contribution in [0.15, 0.2) is 46.2 Å². The molecule has 0 unspecified atom stereocenters. The van der Waals surface area contributed by atoms with Gasteiger partial charge in [0.05, 0.1) is 9.79 Å². The molecule has 2 aromatic carbocycles. The maximum absolute atomic E-state index is 13.0. The fraction of sp³-hybridized carbons (Fsp3) is 0.381. The molecule has 0 atom stereocenters. The van der Waals surface area contributed by atoms with Crippen LogP contribution in [-0.4, -0.2) is 33.7 Å². The Morgan fingerprint density at radius 1 is 0.600 bits per heavy atom. The van der Waals surface area contributed by atoms with Crippen molar-refractivity contribution in [2.45, 2.75) is 62.4 Å². The summed E-state index contributed by atoms with van der Waals surface area (Å²) in [6, 6.07) is 8.73. The van der Waals surface area contributed by atoms with Gasteiger partial charge in [0.1, 0.15) is 0 Å². The highest BCUT2D eigenvalue weighted by molar-refractivity contribution is 7.89. The molecular weight excluding hydrogens is 424 g/mol. The molecule has 162 valence electrons. The summed E-state index contributed by atoms with van der Waals surface area (Å²) in [5.74, 6) is -0.402. The third-order valence-corrected chi connectivity index (χ3v) is 7.77. The van der Waals surface area contributed by atoms with Crippen LogP contribution in [0.1, 0.15) is 57.5 Å². The lowest BCUT2D eigenvalue weighted by atomic mass is 10.1. The molecule has 30 heavy (non-hydrogen) atoms. The first-order chi connectivity index (χ1) is 13.5. The second kappa shape index (κ2) is 6.98. The molecule has 0 saturated heterocycles. The molecule has 1 aliphatic carbocycles. The highest BCUT2D eigenvalue weighted by Crippen LogP contribution is 2.38. The molecule has 2 N–H and O–H groups in total. The Bertz CT molecular complexity index is 1150. The Labute approximate surface area is 178 Å². The highest BCUT2D eigenvalue weighted by atomic mass is 32.2. The Kier molecular flexibility index (Phi) is 5.26. The van der Waals surface area contributed by atoms with Crippen LogP contribution >= 0.6 is 0 Å². The van der Waals surface area contributed by atoms with Crippen molar-refractivity contribution in [3.05, 3.63) is 47.5 Å². The van der Waals surface area contributed by atoms with E-state index in [1.165, 1.54) is 24.3 Å². The summed E-state index contributed by atoms with van der Waals surface area (Å²) < 4.78 is 55.7. The van der Waals surface area contributed by atoms with Gasteiger partial charge in [0, 0.05) is 22.2 Å². The van der Waals surface area contributed by atoms with E-state index in [4.69, 9.17) is 0 Å². The summed E-state index contributed by atoms with van der Waals surface area (Å²) in [5.41, 5.74) is 0.289. The zero-order chi connectivity index (χ0) is 22.7. The maximum atomic E-state index is 13.0. The number of benzene rings is 2. The van der Waals surface area contributed by atoms with Gasteiger partial charge in [0.15, 0.2) is 5.78 Å². The number of carbonyl (C=O) groups excluding carboxylic acids is 1. The first kappa shape index (κ1) is 22.6. The number of ketones is 1. The van der Waals surface area contributed by atoms with E-state index in [9.17, 15) is 21.6 Å². The lowest BCUT2D eigenvalue weighted by Gasteiger charge is -2.20. The molecule has 0 bridgehead atoms. The molecule has 0 aliphatic heterocycles. The Morgan fingerprint density at radius 3 is 1.23 bits per heavy atom. The minimum atomic E-state index is -3.81. The Morgan fingerprint density at radius 2 is 0.933 bits per heavy atom. The van der Waals surface area contributed by atoms with Crippen molar-refractivity contribution < 1.29 is 21.6 Å². The Hall–Kier alpha value is -2.07.